The number of hydrogen-bond donors (Lipinski definition) is 2. The molecular weight excluding hydrogens is 466 g/mol. The number of hydrogen-bond acceptors (Lipinski definition) is 4. The Hall–Kier alpha value is -2.19. The number of nitrogens with one attached hydrogen (secondary N) is 2. The quantitative estimate of drug-likeness (QED) is 0.488. The first-order chi connectivity index (χ1) is 12.4. The molecule has 0 aliphatic rings. The molecule has 2 aromatic carbocycles. The molecule has 0 aromatic heterocycles. The summed E-state index contributed by atoms with van der Waals surface area (Å²) in [6.07, 6.45) is 1.48. The Balaban J connectivity index is 1.96. The van der Waals surface area contributed by atoms with Crippen LogP contribution in [0.4, 0.5) is 0 Å². The minimum atomic E-state index is -0.754. The van der Waals surface area contributed by atoms with Crippen molar-refractivity contribution in [1.29, 1.82) is 0 Å². The minimum Gasteiger partial charge on any atom is -0.496 e. The number of rotatable bonds is 6. The number of halogens is 2. The Morgan fingerprint density at radius 2 is 1.92 bits per heavy atom. The lowest BCUT2D eigenvalue weighted by atomic mass is 10.2. The molecule has 0 aliphatic heterocycles. The summed E-state index contributed by atoms with van der Waals surface area (Å²) in [6, 6.07) is 11.7. The van der Waals surface area contributed by atoms with Gasteiger partial charge in [0.25, 0.3) is 11.8 Å². The van der Waals surface area contributed by atoms with Crippen LogP contribution < -0.4 is 15.5 Å². The molecule has 0 aliphatic carbocycles. The number of benzene rings is 2. The number of carbonyl (C=O) groups excluding carboxylic acids is 2. The second-order valence-electron chi connectivity index (χ2n) is 5.30. The van der Waals surface area contributed by atoms with Crippen LogP contribution in [0.5, 0.6) is 5.75 Å². The second kappa shape index (κ2) is 9.49. The van der Waals surface area contributed by atoms with Gasteiger partial charge in [-0.2, -0.15) is 5.10 Å². The molecular formula is C18H17Br2N3O3. The van der Waals surface area contributed by atoms with Crippen molar-refractivity contribution in [3.8, 4) is 5.75 Å². The van der Waals surface area contributed by atoms with E-state index < -0.39 is 11.9 Å². The van der Waals surface area contributed by atoms with Crippen molar-refractivity contribution >= 4 is 49.9 Å². The van der Waals surface area contributed by atoms with E-state index >= 15 is 0 Å². The van der Waals surface area contributed by atoms with Crippen LogP contribution in [0.15, 0.2) is 56.5 Å². The Kier molecular flexibility index (Phi) is 7.35. The van der Waals surface area contributed by atoms with Gasteiger partial charge in [0, 0.05) is 14.5 Å². The average Bonchev–Trinajstić information content (AvgIpc) is 2.62. The zero-order chi connectivity index (χ0) is 19.1. The van der Waals surface area contributed by atoms with Crippen molar-refractivity contribution in [2.75, 3.05) is 7.11 Å². The highest BCUT2D eigenvalue weighted by Crippen LogP contribution is 2.21. The number of hydrazone groups is 1. The number of ether oxygens (including phenoxy) is 1. The molecule has 2 aromatic rings. The summed E-state index contributed by atoms with van der Waals surface area (Å²) in [4.78, 5) is 24.3. The van der Waals surface area contributed by atoms with Crippen LogP contribution >= 0.6 is 31.9 Å². The van der Waals surface area contributed by atoms with Crippen molar-refractivity contribution in [3.63, 3.8) is 0 Å². The smallest absolute Gasteiger partial charge is 0.262 e. The Morgan fingerprint density at radius 3 is 2.62 bits per heavy atom. The molecule has 0 heterocycles. The molecule has 0 saturated carbocycles. The van der Waals surface area contributed by atoms with Crippen molar-refractivity contribution in [2.45, 2.75) is 13.0 Å². The SMILES string of the molecule is COc1ccc(Br)cc1C=NNC(=O)C(C)NC(=O)c1ccccc1Br. The van der Waals surface area contributed by atoms with Crippen LogP contribution in [-0.2, 0) is 4.79 Å². The molecule has 0 spiro atoms. The van der Waals surface area contributed by atoms with Crippen molar-refractivity contribution in [3.05, 3.63) is 62.5 Å². The van der Waals surface area contributed by atoms with E-state index in [4.69, 9.17) is 4.74 Å². The van der Waals surface area contributed by atoms with Gasteiger partial charge in [-0.15, -0.1) is 0 Å². The number of methoxy groups -OCH3 is 1. The predicted molar refractivity (Wildman–Crippen MR) is 108 cm³/mol. The monoisotopic (exact) mass is 481 g/mol. The first-order valence-electron chi connectivity index (χ1n) is 7.64. The molecule has 2 N–H and O–H groups in total. The van der Waals surface area contributed by atoms with E-state index in [1.54, 1.807) is 38.3 Å². The topological polar surface area (TPSA) is 79.8 Å². The summed E-state index contributed by atoms with van der Waals surface area (Å²) in [5.41, 5.74) is 3.56. The van der Waals surface area contributed by atoms with Gasteiger partial charge in [-0.25, -0.2) is 5.43 Å². The molecule has 26 heavy (non-hydrogen) atoms. The summed E-state index contributed by atoms with van der Waals surface area (Å²) in [7, 11) is 1.55. The van der Waals surface area contributed by atoms with Gasteiger partial charge in [0.2, 0.25) is 0 Å². The lowest BCUT2D eigenvalue weighted by molar-refractivity contribution is -0.122. The van der Waals surface area contributed by atoms with E-state index in [1.165, 1.54) is 6.21 Å². The van der Waals surface area contributed by atoms with E-state index in [9.17, 15) is 9.59 Å². The summed E-state index contributed by atoms with van der Waals surface area (Å²) >= 11 is 6.68. The lowest BCUT2D eigenvalue weighted by Crippen LogP contribution is -2.43. The van der Waals surface area contributed by atoms with Crippen LogP contribution in [0, 0.1) is 0 Å². The van der Waals surface area contributed by atoms with Crippen molar-refractivity contribution < 1.29 is 14.3 Å². The molecule has 8 heteroatoms. The van der Waals surface area contributed by atoms with Gasteiger partial charge >= 0.3 is 0 Å². The first kappa shape index (κ1) is 20.1. The Morgan fingerprint density at radius 1 is 1.19 bits per heavy atom. The zero-order valence-corrected chi connectivity index (χ0v) is 17.3. The highest BCUT2D eigenvalue weighted by Gasteiger charge is 2.17. The molecule has 0 radical (unpaired) electrons. The molecule has 0 fully saturated rings. The van der Waals surface area contributed by atoms with Gasteiger partial charge in [-0.05, 0) is 53.2 Å². The van der Waals surface area contributed by atoms with Crippen LogP contribution in [0.25, 0.3) is 0 Å². The Bertz CT molecular complexity index is 840. The highest BCUT2D eigenvalue weighted by atomic mass is 79.9. The number of amides is 2. The second-order valence-corrected chi connectivity index (χ2v) is 7.07. The molecule has 6 nitrogen and oxygen atoms in total. The van der Waals surface area contributed by atoms with E-state index in [2.05, 4.69) is 47.7 Å². The summed E-state index contributed by atoms with van der Waals surface area (Å²) in [6.45, 7) is 1.58. The zero-order valence-electron chi connectivity index (χ0n) is 14.1. The number of carbonyl (C=O) groups is 2. The third kappa shape index (κ3) is 5.40. The summed E-state index contributed by atoms with van der Waals surface area (Å²) in [5, 5.41) is 6.55. The maximum absolute atomic E-state index is 12.2. The maximum atomic E-state index is 12.2. The fourth-order valence-corrected chi connectivity index (χ4v) is 2.90. The van der Waals surface area contributed by atoms with Gasteiger partial charge in [0.1, 0.15) is 11.8 Å². The van der Waals surface area contributed by atoms with Gasteiger partial charge < -0.3 is 10.1 Å². The van der Waals surface area contributed by atoms with Gasteiger partial charge in [-0.3, -0.25) is 9.59 Å². The van der Waals surface area contributed by atoms with Crippen LogP contribution in [0.2, 0.25) is 0 Å². The standard InChI is InChI=1S/C18H17Br2N3O3/c1-11(22-18(25)14-5-3-4-6-15(14)20)17(24)23-21-10-12-9-13(19)7-8-16(12)26-2/h3-11H,1-2H3,(H,22,25)(H,23,24). The fourth-order valence-electron chi connectivity index (χ4n) is 2.05. The van der Waals surface area contributed by atoms with E-state index in [-0.39, 0.29) is 5.91 Å². The predicted octanol–water partition coefficient (Wildman–Crippen LogP) is 3.49. The third-order valence-corrected chi connectivity index (χ3v) is 4.61. The molecule has 0 bridgehead atoms. The minimum absolute atomic E-state index is 0.349. The molecule has 2 amide bonds. The molecule has 0 saturated heterocycles. The molecule has 1 unspecified atom stereocenters. The van der Waals surface area contributed by atoms with Gasteiger partial charge in [0.15, 0.2) is 0 Å². The third-order valence-electron chi connectivity index (χ3n) is 3.43. The van der Waals surface area contributed by atoms with E-state index in [0.29, 0.717) is 21.3 Å². The Labute approximate surface area is 168 Å². The van der Waals surface area contributed by atoms with Gasteiger partial charge in [0.05, 0.1) is 18.9 Å². The normalized spacial score (nSPS) is 11.8. The highest BCUT2D eigenvalue weighted by molar-refractivity contribution is 9.10. The van der Waals surface area contributed by atoms with Crippen LogP contribution in [0.3, 0.4) is 0 Å². The maximum Gasteiger partial charge on any atom is 0.262 e. The van der Waals surface area contributed by atoms with Crippen molar-refractivity contribution in [1.82, 2.24) is 10.7 Å². The van der Waals surface area contributed by atoms with Crippen LogP contribution in [-0.4, -0.2) is 31.2 Å². The van der Waals surface area contributed by atoms with E-state index in [1.807, 2.05) is 18.2 Å². The molecule has 2 rings (SSSR count). The lowest BCUT2D eigenvalue weighted by Gasteiger charge is -2.13. The summed E-state index contributed by atoms with van der Waals surface area (Å²) in [5.74, 6) is -0.158. The van der Waals surface area contributed by atoms with Crippen LogP contribution in [0.1, 0.15) is 22.8 Å². The fraction of sp³-hybridized carbons (Fsp3) is 0.167. The molecule has 1 atom stereocenters. The largest absolute Gasteiger partial charge is 0.496 e. The number of nitrogens with zero attached hydrogens (tertiary/aromatic N) is 1. The first-order valence-corrected chi connectivity index (χ1v) is 9.23. The van der Waals surface area contributed by atoms with E-state index in [0.717, 1.165) is 4.47 Å². The average molecular weight is 483 g/mol. The molecule has 136 valence electrons. The van der Waals surface area contributed by atoms with Crippen molar-refractivity contribution in [2.24, 2.45) is 5.10 Å². The summed E-state index contributed by atoms with van der Waals surface area (Å²) < 4.78 is 6.75. The van der Waals surface area contributed by atoms with Gasteiger partial charge in [-0.1, -0.05) is 28.1 Å².